The van der Waals surface area contributed by atoms with E-state index >= 15 is 4.39 Å². The maximum atomic E-state index is 15.5. The standard InChI is InChI=1S/C50H60BrFN9O4P/c1-4-34-30-42(56-49-53-32-39(51)47(58-49)55-41-15-14-40-38(13-12-36(5-2)54-40)46(41)66(64)28-6-7-29-66)44(65-3)31-43(34)61-22-18-37(19-23-61)60-26-24-59(25-27-60)21-17-33-8-10-35(11-9-33)50(52)20-16-45(62)57-48(50)63/h8-15,30-32,37H,4-7,16-29H2,1-3H3,(H,57,62,63)(H2,53,55,56,58). The highest BCUT2D eigenvalue weighted by Crippen LogP contribution is 2.54. The number of benzene rings is 3. The number of methoxy groups -OCH3 is 1. The molecular weight excluding hydrogens is 920 g/mol. The summed E-state index contributed by atoms with van der Waals surface area (Å²) in [5, 5.41) is 10.9. The van der Waals surface area contributed by atoms with Crippen LogP contribution in [0, 0.1) is 0 Å². The van der Waals surface area contributed by atoms with E-state index in [2.05, 4.69) is 83.6 Å². The normalized spacial score (nSPS) is 20.7. The number of piperidine rings is 2. The Morgan fingerprint density at radius 2 is 1.67 bits per heavy atom. The quantitative estimate of drug-likeness (QED) is 0.0724. The lowest BCUT2D eigenvalue weighted by Gasteiger charge is -2.43. The molecule has 0 spiro atoms. The first-order valence-electron chi connectivity index (χ1n) is 23.6. The Hall–Kier alpha value is -4.95. The van der Waals surface area contributed by atoms with Crippen LogP contribution in [0.3, 0.4) is 0 Å². The number of ether oxygens (including phenoxy) is 1. The second kappa shape index (κ2) is 19.7. The number of carbonyl (C=O) groups excluding carboxylic acids is 2. The Balaban J connectivity index is 0.812. The van der Waals surface area contributed by atoms with Crippen LogP contribution in [-0.4, -0.2) is 108 Å². The number of imide groups is 1. The van der Waals surface area contributed by atoms with Gasteiger partial charge in [0.2, 0.25) is 17.5 Å². The van der Waals surface area contributed by atoms with Crippen molar-refractivity contribution < 1.29 is 23.3 Å². The van der Waals surface area contributed by atoms with Crippen LogP contribution >= 0.6 is 23.1 Å². The van der Waals surface area contributed by atoms with Crippen LogP contribution in [0.1, 0.15) is 74.8 Å². The van der Waals surface area contributed by atoms with E-state index in [9.17, 15) is 14.2 Å². The van der Waals surface area contributed by atoms with Crippen molar-refractivity contribution in [3.8, 4) is 5.75 Å². The Bertz CT molecular complexity index is 2650. The number of amides is 2. The fourth-order valence-electron chi connectivity index (χ4n) is 10.3. The van der Waals surface area contributed by atoms with Gasteiger partial charge in [0, 0.05) is 111 Å². The summed E-state index contributed by atoms with van der Waals surface area (Å²) in [7, 11) is -0.943. The van der Waals surface area contributed by atoms with E-state index in [4.69, 9.17) is 14.7 Å². The topological polar surface area (TPSA) is 145 Å². The molecule has 3 aromatic carbocycles. The van der Waals surface area contributed by atoms with Crippen molar-refractivity contribution in [2.75, 3.05) is 80.8 Å². The Morgan fingerprint density at radius 3 is 2.36 bits per heavy atom. The molecule has 0 aliphatic carbocycles. The number of carbonyl (C=O) groups is 2. The number of rotatable bonds is 14. The zero-order chi connectivity index (χ0) is 46.0. The van der Waals surface area contributed by atoms with Gasteiger partial charge in [0.25, 0.3) is 5.91 Å². The maximum absolute atomic E-state index is 15.5. The Morgan fingerprint density at radius 1 is 0.909 bits per heavy atom. The molecule has 9 rings (SSSR count). The maximum Gasteiger partial charge on any atom is 0.268 e. The summed E-state index contributed by atoms with van der Waals surface area (Å²) in [4.78, 5) is 45.9. The number of halogens is 2. The second-order valence-corrected chi connectivity index (χ2v) is 22.1. The summed E-state index contributed by atoms with van der Waals surface area (Å²) in [5.74, 6) is 0.413. The molecule has 4 fully saturated rings. The molecule has 2 aromatic heterocycles. The lowest BCUT2D eigenvalue weighted by molar-refractivity contribution is -0.144. The number of aryl methyl sites for hydroxylation is 2. The smallest absolute Gasteiger partial charge is 0.268 e. The largest absolute Gasteiger partial charge is 0.494 e. The van der Waals surface area contributed by atoms with Gasteiger partial charge in [-0.15, -0.1) is 0 Å². The highest BCUT2D eigenvalue weighted by atomic mass is 79.9. The summed E-state index contributed by atoms with van der Waals surface area (Å²) in [5.41, 5.74) is 5.13. The number of pyridine rings is 1. The average molecular weight is 981 g/mol. The molecule has 16 heteroatoms. The molecule has 3 N–H and O–H groups in total. The highest BCUT2D eigenvalue weighted by Gasteiger charge is 2.44. The van der Waals surface area contributed by atoms with Gasteiger partial charge in [-0.05, 0) is 102 Å². The van der Waals surface area contributed by atoms with E-state index in [0.29, 0.717) is 45.9 Å². The molecule has 5 aromatic rings. The van der Waals surface area contributed by atoms with Gasteiger partial charge in [-0.3, -0.25) is 24.8 Å². The van der Waals surface area contributed by atoms with Gasteiger partial charge >= 0.3 is 0 Å². The lowest BCUT2D eigenvalue weighted by Crippen LogP contribution is -2.53. The monoisotopic (exact) mass is 979 g/mol. The fraction of sp³-hybridized carbons (Fsp3) is 0.460. The van der Waals surface area contributed by atoms with Crippen molar-refractivity contribution in [2.24, 2.45) is 0 Å². The van der Waals surface area contributed by atoms with Gasteiger partial charge in [-0.2, -0.15) is 4.98 Å². The van der Waals surface area contributed by atoms with Crippen molar-refractivity contribution in [2.45, 2.75) is 83.3 Å². The number of hydrogen-bond donors (Lipinski definition) is 3. The zero-order valence-electron chi connectivity index (χ0n) is 38.2. The molecule has 1 atom stereocenters. The van der Waals surface area contributed by atoms with Crippen LogP contribution in [0.2, 0.25) is 0 Å². The number of anilines is 5. The van der Waals surface area contributed by atoms with Crippen molar-refractivity contribution in [3.05, 3.63) is 93.7 Å². The van der Waals surface area contributed by atoms with E-state index in [1.807, 2.05) is 30.3 Å². The van der Waals surface area contributed by atoms with Gasteiger partial charge in [-0.1, -0.05) is 44.2 Å². The first-order chi connectivity index (χ1) is 32.0. The molecule has 2 amide bonds. The van der Waals surface area contributed by atoms with Crippen LogP contribution < -0.4 is 30.9 Å². The summed E-state index contributed by atoms with van der Waals surface area (Å²) in [6.45, 7) is 11.2. The van der Waals surface area contributed by atoms with Gasteiger partial charge in [0.15, 0.2) is 0 Å². The van der Waals surface area contributed by atoms with E-state index in [0.717, 1.165) is 130 Å². The van der Waals surface area contributed by atoms with Gasteiger partial charge in [0.05, 0.1) is 28.5 Å². The number of hydrogen-bond acceptors (Lipinski definition) is 12. The molecule has 0 bridgehead atoms. The third-order valence-electron chi connectivity index (χ3n) is 14.2. The molecule has 66 heavy (non-hydrogen) atoms. The van der Waals surface area contributed by atoms with Crippen molar-refractivity contribution in [1.82, 2.24) is 30.1 Å². The SMILES string of the molecule is CCc1ccc2c(P3(=O)CCCC3)c(Nc3nc(Nc4cc(CC)c(N5CCC(N6CCN(CCc7ccc(C8(F)CCC(=O)NC8=O)cc7)CC6)CC5)cc4OC)ncc3Br)ccc2n1. The van der Waals surface area contributed by atoms with E-state index < -0.39 is 24.6 Å². The lowest BCUT2D eigenvalue weighted by atomic mass is 9.87. The third kappa shape index (κ3) is 9.59. The van der Waals surface area contributed by atoms with Crippen LogP contribution in [0.15, 0.2) is 71.3 Å². The Labute approximate surface area is 395 Å². The summed E-state index contributed by atoms with van der Waals surface area (Å²) in [6.07, 6.45) is 9.65. The average Bonchev–Trinajstić information content (AvgIpc) is 3.79. The molecule has 6 heterocycles. The van der Waals surface area contributed by atoms with Gasteiger partial charge < -0.3 is 29.7 Å². The first-order valence-corrected chi connectivity index (χ1v) is 26.5. The minimum atomic E-state index is -2.64. The molecule has 4 aliphatic heterocycles. The van der Waals surface area contributed by atoms with Gasteiger partial charge in [-0.25, -0.2) is 9.37 Å². The minimum Gasteiger partial charge on any atom is -0.494 e. The number of alkyl halides is 1. The molecule has 0 radical (unpaired) electrons. The van der Waals surface area contributed by atoms with E-state index in [1.54, 1.807) is 25.4 Å². The van der Waals surface area contributed by atoms with Gasteiger partial charge in [0.1, 0.15) is 18.7 Å². The summed E-state index contributed by atoms with van der Waals surface area (Å²) < 4.78 is 36.7. The van der Waals surface area contributed by atoms with Crippen molar-refractivity contribution in [3.63, 3.8) is 0 Å². The van der Waals surface area contributed by atoms with Crippen LogP contribution in [0.4, 0.5) is 33.2 Å². The second-order valence-electron chi connectivity index (χ2n) is 18.1. The number of nitrogens with zero attached hydrogens (tertiary/aromatic N) is 6. The van der Waals surface area contributed by atoms with Crippen LogP contribution in [0.25, 0.3) is 10.9 Å². The molecule has 1 unspecified atom stereocenters. The van der Waals surface area contributed by atoms with Crippen molar-refractivity contribution >= 4 is 79.9 Å². The van der Waals surface area contributed by atoms with Crippen LogP contribution in [-0.2, 0) is 39.1 Å². The molecule has 4 saturated heterocycles. The van der Waals surface area contributed by atoms with Crippen LogP contribution in [0.5, 0.6) is 5.75 Å². The predicted molar refractivity (Wildman–Crippen MR) is 265 cm³/mol. The summed E-state index contributed by atoms with van der Waals surface area (Å²) in [6, 6.07) is 20.2. The molecule has 348 valence electrons. The number of nitrogens with one attached hydrogen (secondary N) is 3. The molecule has 4 aliphatic rings. The third-order valence-corrected chi connectivity index (χ3v) is 18.1. The zero-order valence-corrected chi connectivity index (χ0v) is 40.7. The number of aromatic nitrogens is 3. The highest BCUT2D eigenvalue weighted by molar-refractivity contribution is 9.10. The molecule has 0 saturated carbocycles. The number of fused-ring (bicyclic) bond motifs is 1. The first kappa shape index (κ1) is 46.2. The molecular formula is C50H60BrFN9O4P. The van der Waals surface area contributed by atoms with E-state index in [1.165, 1.54) is 11.3 Å². The summed E-state index contributed by atoms with van der Waals surface area (Å²) >= 11 is 3.67. The Kier molecular flexibility index (Phi) is 13.8. The van der Waals surface area contributed by atoms with Crippen molar-refractivity contribution in [1.29, 1.82) is 0 Å². The minimum absolute atomic E-state index is 0.00301. The molecule has 13 nitrogen and oxygen atoms in total. The predicted octanol–water partition coefficient (Wildman–Crippen LogP) is 8.62. The fourth-order valence-corrected chi connectivity index (χ4v) is 13.9. The van der Waals surface area contributed by atoms with E-state index in [-0.39, 0.29) is 12.8 Å². The number of piperazine rings is 1.